The third-order valence-electron chi connectivity index (χ3n) is 2.32. The van der Waals surface area contributed by atoms with Gasteiger partial charge in [0.1, 0.15) is 5.78 Å². The van der Waals surface area contributed by atoms with E-state index in [9.17, 15) is 4.79 Å². The minimum atomic E-state index is -0.247. The summed E-state index contributed by atoms with van der Waals surface area (Å²) < 4.78 is 5.64. The van der Waals surface area contributed by atoms with E-state index in [0.29, 0.717) is 12.2 Å². The fraction of sp³-hybridized carbons (Fsp3) is 0.909. The first-order valence-electron chi connectivity index (χ1n) is 5.13. The molecule has 78 valence electrons. The molecule has 0 N–H and O–H groups in total. The quantitative estimate of drug-likeness (QED) is 0.581. The average Bonchev–Trinajstić information content (AvgIpc) is 2.02. The molecule has 1 aliphatic heterocycles. The van der Waals surface area contributed by atoms with Crippen molar-refractivity contribution in [1.82, 2.24) is 0 Å². The number of carbonyl (C=O) groups excluding carboxylic acids is 1. The summed E-state index contributed by atoms with van der Waals surface area (Å²) in [6.45, 7) is 11.8. The molecule has 2 unspecified atom stereocenters. The maximum Gasteiger partial charge on any atom is 0.141 e. The van der Waals surface area contributed by atoms with Crippen LogP contribution in [-0.4, -0.2) is 17.5 Å². The number of hydrogen-bond acceptors (Lipinski definition) is 2. The first-order valence-corrected chi connectivity index (χ1v) is 5.13. The van der Waals surface area contributed by atoms with Crippen LogP contribution in [0.1, 0.15) is 48.0 Å². The smallest absolute Gasteiger partial charge is 0.141 e. The van der Waals surface area contributed by atoms with Gasteiger partial charge in [0.15, 0.2) is 0 Å². The monoisotopic (exact) mass is 186 g/mol. The van der Waals surface area contributed by atoms with Crippen LogP contribution in [0.25, 0.3) is 0 Å². The van der Waals surface area contributed by atoms with Gasteiger partial charge in [0, 0.05) is 12.3 Å². The maximum absolute atomic E-state index is 11.3. The van der Waals surface area contributed by atoms with Crippen molar-refractivity contribution in [3.05, 3.63) is 0 Å². The van der Waals surface area contributed by atoms with Crippen LogP contribution >= 0.6 is 0 Å². The molecule has 2 heteroatoms. The zero-order chi connectivity index (χ0) is 10.6. The van der Waals surface area contributed by atoms with E-state index in [1.165, 1.54) is 0 Å². The van der Waals surface area contributed by atoms with Crippen molar-refractivity contribution < 1.29 is 9.53 Å². The second kappa shape index (κ2) is 4.75. The standard InChI is InChI=1S/C9H16O2.C2H6/c1-6-7(2)11-9(3,4)5-8(6)10;1-2/h6-7H,5H2,1-4H3;1-2H3. The Morgan fingerprint density at radius 1 is 1.31 bits per heavy atom. The topological polar surface area (TPSA) is 26.3 Å². The van der Waals surface area contributed by atoms with Crippen molar-refractivity contribution in [1.29, 1.82) is 0 Å². The lowest BCUT2D eigenvalue weighted by Crippen LogP contribution is -2.44. The summed E-state index contributed by atoms with van der Waals surface area (Å²) in [4.78, 5) is 11.3. The third-order valence-corrected chi connectivity index (χ3v) is 2.32. The van der Waals surface area contributed by atoms with Gasteiger partial charge in [-0.05, 0) is 20.8 Å². The molecule has 0 aliphatic carbocycles. The van der Waals surface area contributed by atoms with Crippen molar-refractivity contribution in [2.45, 2.75) is 59.7 Å². The fourth-order valence-corrected chi connectivity index (χ4v) is 1.49. The molecule has 1 saturated heterocycles. The highest BCUT2D eigenvalue weighted by molar-refractivity contribution is 5.82. The van der Waals surface area contributed by atoms with E-state index in [-0.39, 0.29) is 17.6 Å². The Labute approximate surface area is 81.7 Å². The molecule has 0 bridgehead atoms. The summed E-state index contributed by atoms with van der Waals surface area (Å²) in [5.74, 6) is 0.400. The molecule has 13 heavy (non-hydrogen) atoms. The summed E-state index contributed by atoms with van der Waals surface area (Å²) in [6.07, 6.45) is 0.629. The zero-order valence-electron chi connectivity index (χ0n) is 9.68. The van der Waals surface area contributed by atoms with Gasteiger partial charge in [-0.2, -0.15) is 0 Å². The Bertz CT molecular complexity index is 173. The van der Waals surface area contributed by atoms with Gasteiger partial charge < -0.3 is 4.74 Å². The van der Waals surface area contributed by atoms with Crippen LogP contribution in [0.2, 0.25) is 0 Å². The summed E-state index contributed by atoms with van der Waals surface area (Å²) >= 11 is 0. The molecule has 0 aromatic carbocycles. The van der Waals surface area contributed by atoms with Gasteiger partial charge in [-0.15, -0.1) is 0 Å². The predicted molar refractivity (Wildman–Crippen MR) is 54.8 cm³/mol. The highest BCUT2D eigenvalue weighted by Gasteiger charge is 2.36. The van der Waals surface area contributed by atoms with Crippen LogP contribution in [-0.2, 0) is 9.53 Å². The molecule has 0 saturated carbocycles. The van der Waals surface area contributed by atoms with E-state index >= 15 is 0 Å². The molecule has 0 aromatic heterocycles. The SMILES string of the molecule is CC.CC1OC(C)(C)CC(=O)C1C. The van der Waals surface area contributed by atoms with E-state index in [1.807, 2.05) is 41.5 Å². The number of ketones is 1. The molecule has 0 radical (unpaired) electrons. The van der Waals surface area contributed by atoms with E-state index in [4.69, 9.17) is 4.74 Å². The van der Waals surface area contributed by atoms with Crippen molar-refractivity contribution >= 4 is 5.78 Å². The van der Waals surface area contributed by atoms with Crippen LogP contribution in [0, 0.1) is 5.92 Å². The molecular weight excluding hydrogens is 164 g/mol. The molecule has 0 aromatic rings. The third kappa shape index (κ3) is 3.47. The van der Waals surface area contributed by atoms with Gasteiger partial charge in [-0.3, -0.25) is 4.79 Å². The number of rotatable bonds is 0. The molecule has 2 nitrogen and oxygen atoms in total. The second-order valence-corrected chi connectivity index (χ2v) is 4.01. The number of hydrogen-bond donors (Lipinski definition) is 0. The summed E-state index contributed by atoms with van der Waals surface area (Å²) in [5, 5.41) is 0. The van der Waals surface area contributed by atoms with Gasteiger partial charge >= 0.3 is 0 Å². The Hall–Kier alpha value is -0.370. The molecule has 2 atom stereocenters. The number of Topliss-reactive ketones (excluding diaryl/α,β-unsaturated/α-hetero) is 1. The molecular formula is C11H22O2. The maximum atomic E-state index is 11.3. The van der Waals surface area contributed by atoms with Crippen molar-refractivity contribution in [2.75, 3.05) is 0 Å². The molecule has 1 rings (SSSR count). The van der Waals surface area contributed by atoms with E-state index in [0.717, 1.165) is 0 Å². The van der Waals surface area contributed by atoms with E-state index < -0.39 is 0 Å². The predicted octanol–water partition coefficient (Wildman–Crippen LogP) is 2.81. The number of carbonyl (C=O) groups is 1. The lowest BCUT2D eigenvalue weighted by Gasteiger charge is -2.37. The minimum absolute atomic E-state index is 0.0722. The lowest BCUT2D eigenvalue weighted by atomic mass is 9.87. The van der Waals surface area contributed by atoms with Gasteiger partial charge in [-0.1, -0.05) is 20.8 Å². The normalized spacial score (nSPS) is 32.0. The van der Waals surface area contributed by atoms with Crippen molar-refractivity contribution in [2.24, 2.45) is 5.92 Å². The molecule has 1 heterocycles. The lowest BCUT2D eigenvalue weighted by molar-refractivity contribution is -0.156. The molecule has 0 amide bonds. The van der Waals surface area contributed by atoms with Crippen molar-refractivity contribution in [3.8, 4) is 0 Å². The van der Waals surface area contributed by atoms with Gasteiger partial charge in [0.05, 0.1) is 11.7 Å². The first-order chi connectivity index (χ1) is 5.92. The highest BCUT2D eigenvalue weighted by Crippen LogP contribution is 2.28. The van der Waals surface area contributed by atoms with Gasteiger partial charge in [0.25, 0.3) is 0 Å². The van der Waals surface area contributed by atoms with Crippen molar-refractivity contribution in [3.63, 3.8) is 0 Å². The highest BCUT2D eigenvalue weighted by atomic mass is 16.5. The Morgan fingerprint density at radius 3 is 2.15 bits per heavy atom. The summed E-state index contributed by atoms with van der Waals surface area (Å²) in [6, 6.07) is 0. The summed E-state index contributed by atoms with van der Waals surface area (Å²) in [5.41, 5.74) is -0.247. The molecule has 1 fully saturated rings. The first kappa shape index (κ1) is 12.6. The fourth-order valence-electron chi connectivity index (χ4n) is 1.49. The van der Waals surface area contributed by atoms with Gasteiger partial charge in [-0.25, -0.2) is 0 Å². The average molecular weight is 186 g/mol. The van der Waals surface area contributed by atoms with Crippen LogP contribution < -0.4 is 0 Å². The van der Waals surface area contributed by atoms with E-state index in [2.05, 4.69) is 0 Å². The van der Waals surface area contributed by atoms with Crippen LogP contribution in [0.15, 0.2) is 0 Å². The van der Waals surface area contributed by atoms with Gasteiger partial charge in [0.2, 0.25) is 0 Å². The van der Waals surface area contributed by atoms with E-state index in [1.54, 1.807) is 0 Å². The number of ether oxygens (including phenoxy) is 1. The van der Waals surface area contributed by atoms with Crippen LogP contribution in [0.3, 0.4) is 0 Å². The second-order valence-electron chi connectivity index (χ2n) is 4.01. The molecule has 0 spiro atoms. The Kier molecular flexibility index (Phi) is 4.62. The van der Waals surface area contributed by atoms with Crippen LogP contribution in [0.4, 0.5) is 0 Å². The largest absolute Gasteiger partial charge is 0.371 e. The Balaban J connectivity index is 0.000000671. The minimum Gasteiger partial charge on any atom is -0.371 e. The summed E-state index contributed by atoms with van der Waals surface area (Å²) in [7, 11) is 0. The molecule has 1 aliphatic rings. The zero-order valence-corrected chi connectivity index (χ0v) is 9.68. The Morgan fingerprint density at radius 2 is 1.77 bits per heavy atom. The van der Waals surface area contributed by atoms with Crippen LogP contribution in [0.5, 0.6) is 0 Å².